The molecule has 2 heterocycles. The second-order valence-corrected chi connectivity index (χ2v) is 5.01. The summed E-state index contributed by atoms with van der Waals surface area (Å²) in [6.45, 7) is 2.22. The van der Waals surface area contributed by atoms with Gasteiger partial charge in [0.2, 0.25) is 0 Å². The van der Waals surface area contributed by atoms with Crippen LogP contribution in [-0.4, -0.2) is 11.0 Å². The van der Waals surface area contributed by atoms with E-state index >= 15 is 0 Å². The predicted octanol–water partition coefficient (Wildman–Crippen LogP) is 3.51. The number of fused-ring (bicyclic) bond motifs is 1. The first-order valence-corrected chi connectivity index (χ1v) is 6.26. The molecule has 90 valence electrons. The van der Waals surface area contributed by atoms with Crippen molar-refractivity contribution in [3.05, 3.63) is 35.8 Å². The van der Waals surface area contributed by atoms with E-state index < -0.39 is 0 Å². The van der Waals surface area contributed by atoms with Crippen molar-refractivity contribution >= 4 is 10.9 Å². The Labute approximate surface area is 100 Å². The lowest BCUT2D eigenvalue weighted by molar-refractivity contribution is 0.337. The molecular weight excluding hydrogens is 215 g/mol. The first-order chi connectivity index (χ1) is 8.22. The van der Waals surface area contributed by atoms with E-state index in [1.54, 1.807) is 12.1 Å². The Morgan fingerprint density at radius 1 is 1.24 bits per heavy atom. The molecule has 1 aliphatic rings. The van der Waals surface area contributed by atoms with Gasteiger partial charge in [-0.3, -0.25) is 0 Å². The van der Waals surface area contributed by atoms with Crippen LogP contribution in [0.15, 0.2) is 24.3 Å². The Balaban J connectivity index is 1.94. The minimum absolute atomic E-state index is 0.173. The zero-order valence-corrected chi connectivity index (χ0v) is 9.96. The van der Waals surface area contributed by atoms with E-state index in [1.807, 2.05) is 0 Å². The van der Waals surface area contributed by atoms with Crippen LogP contribution in [-0.2, 0) is 0 Å². The molecule has 0 bridgehead atoms. The second kappa shape index (κ2) is 4.15. The molecule has 2 aromatic rings. The van der Waals surface area contributed by atoms with Crippen molar-refractivity contribution in [3.63, 3.8) is 0 Å². The summed E-state index contributed by atoms with van der Waals surface area (Å²) in [5, 5.41) is 4.54. The molecule has 1 saturated heterocycles. The van der Waals surface area contributed by atoms with Gasteiger partial charge in [-0.1, -0.05) is 0 Å². The first kappa shape index (κ1) is 10.8. The Morgan fingerprint density at radius 3 is 2.94 bits per heavy atom. The van der Waals surface area contributed by atoms with Gasteiger partial charge >= 0.3 is 0 Å². The number of aromatic amines is 1. The summed E-state index contributed by atoms with van der Waals surface area (Å²) in [4.78, 5) is 3.38. The van der Waals surface area contributed by atoms with Crippen molar-refractivity contribution in [3.8, 4) is 0 Å². The van der Waals surface area contributed by atoms with E-state index in [0.29, 0.717) is 12.1 Å². The molecule has 0 saturated carbocycles. The number of piperidine rings is 1. The van der Waals surface area contributed by atoms with Crippen molar-refractivity contribution < 1.29 is 4.39 Å². The zero-order chi connectivity index (χ0) is 11.8. The number of nitrogens with one attached hydrogen (secondary N) is 2. The van der Waals surface area contributed by atoms with Crippen LogP contribution in [0.2, 0.25) is 0 Å². The van der Waals surface area contributed by atoms with Crippen LogP contribution >= 0.6 is 0 Å². The largest absolute Gasteiger partial charge is 0.357 e. The van der Waals surface area contributed by atoms with Gasteiger partial charge in [-0.05, 0) is 50.5 Å². The summed E-state index contributed by atoms with van der Waals surface area (Å²) in [6.07, 6.45) is 3.65. The summed E-state index contributed by atoms with van der Waals surface area (Å²) in [6, 6.07) is 7.90. The highest BCUT2D eigenvalue weighted by molar-refractivity contribution is 5.80. The average molecular weight is 232 g/mol. The highest BCUT2D eigenvalue weighted by Crippen LogP contribution is 2.27. The Hall–Kier alpha value is -1.35. The van der Waals surface area contributed by atoms with E-state index in [4.69, 9.17) is 0 Å². The predicted molar refractivity (Wildman–Crippen MR) is 67.4 cm³/mol. The topological polar surface area (TPSA) is 27.8 Å². The summed E-state index contributed by atoms with van der Waals surface area (Å²) in [5.41, 5.74) is 2.19. The molecule has 3 heteroatoms. The third-order valence-electron chi connectivity index (χ3n) is 3.59. The van der Waals surface area contributed by atoms with Crippen LogP contribution in [0, 0.1) is 5.82 Å². The third kappa shape index (κ3) is 2.07. The fourth-order valence-electron chi connectivity index (χ4n) is 2.70. The fourth-order valence-corrected chi connectivity index (χ4v) is 2.70. The summed E-state index contributed by atoms with van der Waals surface area (Å²) in [7, 11) is 0. The Morgan fingerprint density at radius 2 is 2.12 bits per heavy atom. The maximum Gasteiger partial charge on any atom is 0.123 e. The van der Waals surface area contributed by atoms with E-state index in [1.165, 1.54) is 24.6 Å². The summed E-state index contributed by atoms with van der Waals surface area (Å²) in [5.74, 6) is -0.173. The smallest absolute Gasteiger partial charge is 0.123 e. The van der Waals surface area contributed by atoms with Gasteiger partial charge in [-0.15, -0.1) is 0 Å². The highest BCUT2D eigenvalue weighted by atomic mass is 19.1. The molecule has 17 heavy (non-hydrogen) atoms. The molecule has 1 aromatic carbocycles. The maximum absolute atomic E-state index is 13.1. The van der Waals surface area contributed by atoms with Gasteiger partial charge in [-0.2, -0.15) is 0 Å². The molecule has 2 N–H and O–H groups in total. The van der Waals surface area contributed by atoms with E-state index in [0.717, 1.165) is 17.3 Å². The Kier molecular flexibility index (Phi) is 2.63. The van der Waals surface area contributed by atoms with Gasteiger partial charge in [-0.25, -0.2) is 4.39 Å². The second-order valence-electron chi connectivity index (χ2n) is 5.01. The lowest BCUT2D eigenvalue weighted by Crippen LogP contribution is -2.34. The number of hydrogen-bond donors (Lipinski definition) is 2. The molecule has 1 fully saturated rings. The van der Waals surface area contributed by atoms with Gasteiger partial charge < -0.3 is 10.3 Å². The molecular formula is C14H17FN2. The van der Waals surface area contributed by atoms with Crippen LogP contribution in [0.3, 0.4) is 0 Å². The van der Waals surface area contributed by atoms with Gasteiger partial charge in [0.15, 0.2) is 0 Å². The van der Waals surface area contributed by atoms with E-state index in [2.05, 4.69) is 23.3 Å². The number of halogens is 1. The minimum Gasteiger partial charge on any atom is -0.357 e. The highest BCUT2D eigenvalue weighted by Gasteiger charge is 2.20. The van der Waals surface area contributed by atoms with Crippen molar-refractivity contribution in [2.45, 2.75) is 38.3 Å². The SMILES string of the molecule is CC1CCCC(c2cc3cc(F)ccc3[nH]2)N1. The van der Waals surface area contributed by atoms with Crippen LogP contribution in [0.5, 0.6) is 0 Å². The van der Waals surface area contributed by atoms with Crippen LogP contribution in [0.1, 0.15) is 37.9 Å². The van der Waals surface area contributed by atoms with Crippen molar-refractivity contribution in [2.75, 3.05) is 0 Å². The first-order valence-electron chi connectivity index (χ1n) is 6.26. The number of H-pyrrole nitrogens is 1. The number of benzene rings is 1. The number of rotatable bonds is 1. The minimum atomic E-state index is -0.173. The molecule has 2 atom stereocenters. The van der Waals surface area contributed by atoms with Crippen LogP contribution < -0.4 is 5.32 Å². The fraction of sp³-hybridized carbons (Fsp3) is 0.429. The molecule has 0 radical (unpaired) electrons. The van der Waals surface area contributed by atoms with Gasteiger partial charge in [0.25, 0.3) is 0 Å². The molecule has 2 nitrogen and oxygen atoms in total. The van der Waals surface area contributed by atoms with Crippen molar-refractivity contribution in [1.82, 2.24) is 10.3 Å². The zero-order valence-electron chi connectivity index (χ0n) is 9.96. The standard InChI is InChI=1S/C14H17FN2/c1-9-3-2-4-13(16-9)14-8-10-7-11(15)5-6-12(10)17-14/h5-9,13,16-17H,2-4H2,1H3. The van der Waals surface area contributed by atoms with Crippen LogP contribution in [0.4, 0.5) is 4.39 Å². The summed E-state index contributed by atoms with van der Waals surface area (Å²) >= 11 is 0. The molecule has 2 unspecified atom stereocenters. The molecule has 3 rings (SSSR count). The van der Waals surface area contributed by atoms with E-state index in [9.17, 15) is 4.39 Å². The maximum atomic E-state index is 13.1. The van der Waals surface area contributed by atoms with Crippen LogP contribution in [0.25, 0.3) is 10.9 Å². The molecule has 0 aliphatic carbocycles. The van der Waals surface area contributed by atoms with Gasteiger partial charge in [0, 0.05) is 28.7 Å². The molecule has 1 aromatic heterocycles. The van der Waals surface area contributed by atoms with Crippen molar-refractivity contribution in [2.24, 2.45) is 0 Å². The van der Waals surface area contributed by atoms with Gasteiger partial charge in [0.1, 0.15) is 5.82 Å². The molecule has 0 spiro atoms. The normalized spacial score (nSPS) is 25.3. The lowest BCUT2D eigenvalue weighted by Gasteiger charge is -2.28. The van der Waals surface area contributed by atoms with E-state index in [-0.39, 0.29) is 5.82 Å². The average Bonchev–Trinajstić information content (AvgIpc) is 2.72. The quantitative estimate of drug-likeness (QED) is 0.773. The van der Waals surface area contributed by atoms with Gasteiger partial charge in [0.05, 0.1) is 0 Å². The monoisotopic (exact) mass is 232 g/mol. The van der Waals surface area contributed by atoms with Crippen molar-refractivity contribution in [1.29, 1.82) is 0 Å². The Bertz CT molecular complexity index is 532. The molecule has 1 aliphatic heterocycles. The lowest BCUT2D eigenvalue weighted by atomic mass is 9.97. The third-order valence-corrected chi connectivity index (χ3v) is 3.59. The number of aromatic nitrogens is 1. The molecule has 0 amide bonds. The number of hydrogen-bond acceptors (Lipinski definition) is 1. The summed E-state index contributed by atoms with van der Waals surface area (Å²) < 4.78 is 13.1.